The number of nitrogens with one attached hydrogen (secondary N) is 1. The number of anilines is 2. The molecule has 0 saturated carbocycles. The predicted molar refractivity (Wildman–Crippen MR) is 66.2 cm³/mol. The molecule has 1 aromatic heterocycles. The molecule has 90 valence electrons. The first kappa shape index (κ1) is 11.8. The number of benzene rings is 1. The van der Waals surface area contributed by atoms with Crippen LogP contribution in [0.4, 0.5) is 15.2 Å². The Morgan fingerprint density at radius 2 is 2.35 bits per heavy atom. The molecule has 6 heteroatoms. The highest BCUT2D eigenvalue weighted by molar-refractivity contribution is 7.15. The van der Waals surface area contributed by atoms with Crippen molar-refractivity contribution in [2.45, 2.75) is 6.54 Å². The summed E-state index contributed by atoms with van der Waals surface area (Å²) in [5.74, 6) is 0.236. The number of aromatic nitrogens is 1. The van der Waals surface area contributed by atoms with Gasteiger partial charge in [0.1, 0.15) is 11.6 Å². The molecule has 0 radical (unpaired) electrons. The fourth-order valence-electron chi connectivity index (χ4n) is 1.35. The molecule has 0 unspecified atom stereocenters. The van der Waals surface area contributed by atoms with Crippen LogP contribution in [0.5, 0.6) is 5.75 Å². The van der Waals surface area contributed by atoms with Crippen LogP contribution >= 0.6 is 11.3 Å². The molecule has 1 heterocycles. The van der Waals surface area contributed by atoms with Crippen LogP contribution in [0.1, 0.15) is 4.88 Å². The second-order valence-corrected chi connectivity index (χ2v) is 4.42. The van der Waals surface area contributed by atoms with Gasteiger partial charge >= 0.3 is 0 Å². The van der Waals surface area contributed by atoms with Crippen molar-refractivity contribution >= 4 is 22.2 Å². The van der Waals surface area contributed by atoms with Gasteiger partial charge in [-0.3, -0.25) is 0 Å². The van der Waals surface area contributed by atoms with Crippen LogP contribution in [0.3, 0.4) is 0 Å². The Bertz CT molecular complexity index is 515. The molecule has 4 nitrogen and oxygen atoms in total. The molecule has 2 rings (SSSR count). The Morgan fingerprint density at radius 1 is 1.53 bits per heavy atom. The van der Waals surface area contributed by atoms with E-state index < -0.39 is 0 Å². The van der Waals surface area contributed by atoms with Crippen molar-refractivity contribution in [1.29, 1.82) is 0 Å². The highest BCUT2D eigenvalue weighted by atomic mass is 32.1. The third-order valence-electron chi connectivity index (χ3n) is 2.16. The summed E-state index contributed by atoms with van der Waals surface area (Å²) in [5, 5.41) is 3.67. The maximum Gasteiger partial charge on any atom is 0.187 e. The second-order valence-electron chi connectivity index (χ2n) is 3.31. The number of methoxy groups -OCH3 is 1. The molecule has 0 atom stereocenters. The van der Waals surface area contributed by atoms with Crippen molar-refractivity contribution in [2.24, 2.45) is 5.73 Å². The minimum absolute atomic E-state index is 0.330. The minimum atomic E-state index is -0.330. The Balaban J connectivity index is 2.25. The van der Waals surface area contributed by atoms with E-state index in [0.717, 1.165) is 4.88 Å². The zero-order valence-corrected chi connectivity index (χ0v) is 10.1. The monoisotopic (exact) mass is 253 g/mol. The number of thiazole rings is 1. The van der Waals surface area contributed by atoms with Crippen molar-refractivity contribution in [3.05, 3.63) is 35.1 Å². The summed E-state index contributed by atoms with van der Waals surface area (Å²) < 4.78 is 18.3. The fraction of sp³-hybridized carbons (Fsp3) is 0.182. The Morgan fingerprint density at radius 3 is 3.00 bits per heavy atom. The molecule has 0 fully saturated rings. The van der Waals surface area contributed by atoms with Crippen LogP contribution < -0.4 is 15.8 Å². The molecule has 0 bridgehead atoms. The van der Waals surface area contributed by atoms with Crippen molar-refractivity contribution < 1.29 is 9.13 Å². The van der Waals surface area contributed by atoms with Crippen LogP contribution in [-0.2, 0) is 6.54 Å². The smallest absolute Gasteiger partial charge is 0.187 e. The van der Waals surface area contributed by atoms with Gasteiger partial charge in [0.05, 0.1) is 12.8 Å². The number of rotatable bonds is 4. The molecule has 17 heavy (non-hydrogen) atoms. The van der Waals surface area contributed by atoms with E-state index in [1.807, 2.05) is 0 Å². The van der Waals surface area contributed by atoms with E-state index in [1.165, 1.54) is 30.6 Å². The first-order chi connectivity index (χ1) is 8.22. The number of nitrogens with zero attached hydrogens (tertiary/aromatic N) is 1. The van der Waals surface area contributed by atoms with Crippen LogP contribution in [0.2, 0.25) is 0 Å². The number of hydrogen-bond acceptors (Lipinski definition) is 5. The lowest BCUT2D eigenvalue weighted by Gasteiger charge is -2.08. The van der Waals surface area contributed by atoms with E-state index >= 15 is 0 Å². The summed E-state index contributed by atoms with van der Waals surface area (Å²) in [6.45, 7) is 0.444. The van der Waals surface area contributed by atoms with Gasteiger partial charge in [0.15, 0.2) is 5.13 Å². The van der Waals surface area contributed by atoms with Gasteiger partial charge in [0.2, 0.25) is 0 Å². The highest BCUT2D eigenvalue weighted by Crippen LogP contribution is 2.30. The standard InChI is InChI=1S/C11H12FN3OS/c1-16-10-3-2-7(12)4-9(10)15-11-14-6-8(5-13)17-11/h2-4,6H,5,13H2,1H3,(H,14,15). The van der Waals surface area contributed by atoms with E-state index in [4.69, 9.17) is 10.5 Å². The largest absolute Gasteiger partial charge is 0.495 e. The van der Waals surface area contributed by atoms with Gasteiger partial charge in [-0.1, -0.05) is 0 Å². The van der Waals surface area contributed by atoms with Crippen molar-refractivity contribution in [2.75, 3.05) is 12.4 Å². The highest BCUT2D eigenvalue weighted by Gasteiger charge is 2.07. The average molecular weight is 253 g/mol. The first-order valence-corrected chi connectivity index (χ1v) is 5.80. The molecular formula is C11H12FN3OS. The normalized spacial score (nSPS) is 10.3. The van der Waals surface area contributed by atoms with E-state index in [0.29, 0.717) is 23.1 Å². The topological polar surface area (TPSA) is 60.2 Å². The Kier molecular flexibility index (Phi) is 3.55. The Labute approximate surface area is 102 Å². The summed E-state index contributed by atoms with van der Waals surface area (Å²) >= 11 is 1.43. The van der Waals surface area contributed by atoms with Gasteiger partial charge in [-0.15, -0.1) is 11.3 Å². The molecule has 0 saturated heterocycles. The quantitative estimate of drug-likeness (QED) is 0.878. The SMILES string of the molecule is COc1ccc(F)cc1Nc1ncc(CN)s1. The van der Waals surface area contributed by atoms with E-state index in [9.17, 15) is 4.39 Å². The minimum Gasteiger partial charge on any atom is -0.495 e. The van der Waals surface area contributed by atoms with Crippen molar-refractivity contribution in [3.8, 4) is 5.75 Å². The van der Waals surface area contributed by atoms with Gasteiger partial charge < -0.3 is 15.8 Å². The zero-order valence-electron chi connectivity index (χ0n) is 9.24. The predicted octanol–water partition coefficient (Wildman–Crippen LogP) is 2.49. The maximum absolute atomic E-state index is 13.1. The molecule has 0 aliphatic carbocycles. The molecule has 1 aromatic carbocycles. The van der Waals surface area contributed by atoms with Crippen molar-refractivity contribution in [3.63, 3.8) is 0 Å². The van der Waals surface area contributed by atoms with Gasteiger partial charge in [-0.2, -0.15) is 0 Å². The number of hydrogen-bond donors (Lipinski definition) is 2. The van der Waals surface area contributed by atoms with Gasteiger partial charge in [0, 0.05) is 23.7 Å². The fourth-order valence-corrected chi connectivity index (χ4v) is 2.06. The van der Waals surface area contributed by atoms with E-state index in [-0.39, 0.29) is 5.82 Å². The summed E-state index contributed by atoms with van der Waals surface area (Å²) in [6, 6.07) is 4.27. The van der Waals surface area contributed by atoms with E-state index in [1.54, 1.807) is 12.3 Å². The number of nitrogens with two attached hydrogens (primary N) is 1. The van der Waals surface area contributed by atoms with Crippen LogP contribution in [0.25, 0.3) is 0 Å². The van der Waals surface area contributed by atoms with Crippen molar-refractivity contribution in [1.82, 2.24) is 4.98 Å². The summed E-state index contributed by atoms with van der Waals surface area (Å²) in [6.07, 6.45) is 1.69. The average Bonchev–Trinajstić information content (AvgIpc) is 2.77. The van der Waals surface area contributed by atoms with E-state index in [2.05, 4.69) is 10.3 Å². The second kappa shape index (κ2) is 5.11. The molecule has 0 amide bonds. The van der Waals surface area contributed by atoms with Crippen LogP contribution in [-0.4, -0.2) is 12.1 Å². The molecule has 0 aliphatic rings. The molecule has 2 aromatic rings. The van der Waals surface area contributed by atoms with Gasteiger partial charge in [0.25, 0.3) is 0 Å². The first-order valence-electron chi connectivity index (χ1n) is 4.98. The van der Waals surface area contributed by atoms with Crippen LogP contribution in [0.15, 0.2) is 24.4 Å². The third-order valence-corrected chi connectivity index (χ3v) is 3.09. The van der Waals surface area contributed by atoms with Gasteiger partial charge in [-0.25, -0.2) is 9.37 Å². The molecule has 0 spiro atoms. The van der Waals surface area contributed by atoms with Gasteiger partial charge in [-0.05, 0) is 12.1 Å². The molecule has 0 aliphatic heterocycles. The lowest BCUT2D eigenvalue weighted by Crippen LogP contribution is -1.94. The third kappa shape index (κ3) is 2.72. The zero-order chi connectivity index (χ0) is 12.3. The molecule has 3 N–H and O–H groups in total. The lowest BCUT2D eigenvalue weighted by molar-refractivity contribution is 0.416. The summed E-state index contributed by atoms with van der Waals surface area (Å²) in [4.78, 5) is 5.10. The number of ether oxygens (including phenoxy) is 1. The summed E-state index contributed by atoms with van der Waals surface area (Å²) in [7, 11) is 1.53. The lowest BCUT2D eigenvalue weighted by atomic mass is 10.3. The maximum atomic E-state index is 13.1. The van der Waals surface area contributed by atoms with Crippen LogP contribution in [0, 0.1) is 5.82 Å². The Hall–Kier alpha value is -1.66. The molecular weight excluding hydrogens is 241 g/mol. The number of halogens is 1. The summed E-state index contributed by atoms with van der Waals surface area (Å²) in [5.41, 5.74) is 6.04.